The fourth-order valence-electron chi connectivity index (χ4n) is 3.60. The maximum absolute atomic E-state index is 11.6. The first-order valence-corrected chi connectivity index (χ1v) is 9.38. The maximum atomic E-state index is 11.6. The zero-order valence-electron chi connectivity index (χ0n) is 15.1. The van der Waals surface area contributed by atoms with Crippen LogP contribution in [0, 0.1) is 0 Å². The van der Waals surface area contributed by atoms with Crippen molar-refractivity contribution in [2.75, 3.05) is 20.1 Å². The summed E-state index contributed by atoms with van der Waals surface area (Å²) in [5.74, 6) is 0.631. The Balaban J connectivity index is 1.33. The first-order valence-electron chi connectivity index (χ1n) is 9.38. The molecule has 1 saturated carbocycles. The molecule has 1 aromatic carbocycles. The van der Waals surface area contributed by atoms with Crippen molar-refractivity contribution in [2.45, 2.75) is 44.2 Å². The molecule has 0 unspecified atom stereocenters. The number of likely N-dealkylation sites (tertiary alicyclic amines) is 1. The van der Waals surface area contributed by atoms with Crippen LogP contribution in [0.25, 0.3) is 5.69 Å². The summed E-state index contributed by atoms with van der Waals surface area (Å²) >= 11 is 0. The molecule has 4 rings (SSSR count). The van der Waals surface area contributed by atoms with E-state index < -0.39 is 0 Å². The van der Waals surface area contributed by atoms with Crippen molar-refractivity contribution in [1.29, 1.82) is 0 Å². The van der Waals surface area contributed by atoms with Gasteiger partial charge in [0.1, 0.15) is 11.9 Å². The molecule has 2 fully saturated rings. The number of piperidine rings is 1. The number of hydrogen-bond donors (Lipinski definition) is 1. The van der Waals surface area contributed by atoms with Crippen LogP contribution in [0.4, 0.5) is 0 Å². The Labute approximate surface area is 153 Å². The van der Waals surface area contributed by atoms with Crippen LogP contribution in [0.15, 0.2) is 30.5 Å². The van der Waals surface area contributed by atoms with Crippen LogP contribution in [-0.4, -0.2) is 58.1 Å². The van der Waals surface area contributed by atoms with Gasteiger partial charge in [0, 0.05) is 26.2 Å². The summed E-state index contributed by atoms with van der Waals surface area (Å²) in [7, 11) is 1.57. The molecule has 1 aliphatic heterocycles. The molecule has 1 saturated heterocycles. The van der Waals surface area contributed by atoms with E-state index in [0.717, 1.165) is 43.4 Å². The number of benzene rings is 1. The van der Waals surface area contributed by atoms with E-state index in [1.54, 1.807) is 17.9 Å². The van der Waals surface area contributed by atoms with E-state index in [1.165, 1.54) is 19.3 Å². The molecule has 2 aromatic rings. The zero-order valence-corrected chi connectivity index (χ0v) is 15.1. The summed E-state index contributed by atoms with van der Waals surface area (Å²) in [4.78, 5) is 14.2. The van der Waals surface area contributed by atoms with E-state index in [0.29, 0.717) is 11.8 Å². The van der Waals surface area contributed by atoms with Crippen molar-refractivity contribution < 1.29 is 9.53 Å². The number of nitrogens with one attached hydrogen (secondary N) is 1. The largest absolute Gasteiger partial charge is 0.490 e. The molecule has 0 bridgehead atoms. The highest BCUT2D eigenvalue weighted by Crippen LogP contribution is 2.28. The maximum Gasteiger partial charge on any atom is 0.273 e. The molecule has 0 atom stereocenters. The Morgan fingerprint density at radius 3 is 2.50 bits per heavy atom. The number of carbonyl (C=O) groups is 1. The fraction of sp³-hybridized carbons (Fsp3) is 0.526. The number of aromatic nitrogens is 3. The number of carbonyl (C=O) groups excluding carboxylic acids is 1. The first-order chi connectivity index (χ1) is 12.7. The van der Waals surface area contributed by atoms with Gasteiger partial charge in [-0.2, -0.15) is 0 Å². The number of ether oxygens (including phenoxy) is 1. The van der Waals surface area contributed by atoms with Crippen molar-refractivity contribution in [2.24, 2.45) is 0 Å². The molecule has 1 aromatic heterocycles. The Kier molecular flexibility index (Phi) is 4.88. The lowest BCUT2D eigenvalue weighted by Crippen LogP contribution is -2.46. The Morgan fingerprint density at radius 1 is 1.15 bits per heavy atom. The van der Waals surface area contributed by atoms with Crippen LogP contribution in [-0.2, 0) is 0 Å². The van der Waals surface area contributed by atoms with E-state index in [-0.39, 0.29) is 5.91 Å². The molecule has 7 nitrogen and oxygen atoms in total. The van der Waals surface area contributed by atoms with Gasteiger partial charge in [-0.25, -0.2) is 4.68 Å². The van der Waals surface area contributed by atoms with Crippen molar-refractivity contribution in [3.8, 4) is 11.4 Å². The van der Waals surface area contributed by atoms with E-state index in [2.05, 4.69) is 20.5 Å². The van der Waals surface area contributed by atoms with Crippen LogP contribution < -0.4 is 10.1 Å². The second-order valence-electron chi connectivity index (χ2n) is 7.06. The standard InChI is InChI=1S/C19H25N5O2/c1-20-19(25)18-13-24(22-21-18)15-5-7-16(8-6-15)26-17-9-11-23(12-10-17)14-3-2-4-14/h5-8,13-14,17H,2-4,9-12H2,1H3,(H,20,25). The minimum atomic E-state index is -0.246. The lowest BCUT2D eigenvalue weighted by molar-refractivity contribution is 0.0493. The van der Waals surface area contributed by atoms with Crippen molar-refractivity contribution >= 4 is 5.91 Å². The van der Waals surface area contributed by atoms with Gasteiger partial charge in [-0.1, -0.05) is 11.6 Å². The summed E-state index contributed by atoms with van der Waals surface area (Å²) in [6, 6.07) is 8.60. The first kappa shape index (κ1) is 17.0. The SMILES string of the molecule is CNC(=O)c1cn(-c2ccc(OC3CCN(C4CCC4)CC3)cc2)nn1. The molecule has 138 valence electrons. The number of nitrogens with zero attached hydrogens (tertiary/aromatic N) is 4. The van der Waals surface area contributed by atoms with Gasteiger partial charge in [0.2, 0.25) is 0 Å². The summed E-state index contributed by atoms with van der Waals surface area (Å²) in [6.07, 6.45) is 8.24. The molecule has 1 amide bonds. The van der Waals surface area contributed by atoms with Crippen LogP contribution in [0.3, 0.4) is 0 Å². The molecule has 1 aliphatic carbocycles. The molecule has 0 spiro atoms. The van der Waals surface area contributed by atoms with Gasteiger partial charge < -0.3 is 15.0 Å². The van der Waals surface area contributed by atoms with Gasteiger partial charge in [-0.15, -0.1) is 5.10 Å². The fourth-order valence-corrected chi connectivity index (χ4v) is 3.60. The third-order valence-electron chi connectivity index (χ3n) is 5.42. The van der Waals surface area contributed by atoms with Gasteiger partial charge in [0.25, 0.3) is 5.91 Å². The van der Waals surface area contributed by atoms with Gasteiger partial charge in [0.15, 0.2) is 5.69 Å². The van der Waals surface area contributed by atoms with Gasteiger partial charge >= 0.3 is 0 Å². The van der Waals surface area contributed by atoms with Crippen LogP contribution >= 0.6 is 0 Å². The number of hydrogen-bond acceptors (Lipinski definition) is 5. The lowest BCUT2D eigenvalue weighted by Gasteiger charge is -2.41. The molecule has 7 heteroatoms. The Morgan fingerprint density at radius 2 is 1.88 bits per heavy atom. The summed E-state index contributed by atoms with van der Waals surface area (Å²) < 4.78 is 7.74. The van der Waals surface area contributed by atoms with E-state index in [9.17, 15) is 4.79 Å². The molecular formula is C19H25N5O2. The average Bonchev–Trinajstić information content (AvgIpc) is 3.12. The Hall–Kier alpha value is -2.41. The van der Waals surface area contributed by atoms with Crippen molar-refractivity contribution in [3.63, 3.8) is 0 Å². The zero-order chi connectivity index (χ0) is 17.9. The third kappa shape index (κ3) is 3.58. The molecule has 2 aliphatic rings. The average molecular weight is 355 g/mol. The van der Waals surface area contributed by atoms with Crippen molar-refractivity contribution in [3.05, 3.63) is 36.2 Å². The number of amides is 1. The smallest absolute Gasteiger partial charge is 0.273 e. The molecule has 1 N–H and O–H groups in total. The van der Waals surface area contributed by atoms with Crippen molar-refractivity contribution in [1.82, 2.24) is 25.2 Å². The highest BCUT2D eigenvalue weighted by Gasteiger charge is 2.29. The van der Waals surface area contributed by atoms with E-state index in [4.69, 9.17) is 4.74 Å². The highest BCUT2D eigenvalue weighted by molar-refractivity contribution is 5.91. The second-order valence-corrected chi connectivity index (χ2v) is 7.06. The molecule has 26 heavy (non-hydrogen) atoms. The topological polar surface area (TPSA) is 72.3 Å². The molecule has 0 radical (unpaired) electrons. The molecular weight excluding hydrogens is 330 g/mol. The minimum Gasteiger partial charge on any atom is -0.490 e. The van der Waals surface area contributed by atoms with Gasteiger partial charge in [-0.05, 0) is 49.9 Å². The monoisotopic (exact) mass is 355 g/mol. The molecule has 2 heterocycles. The van der Waals surface area contributed by atoms with Crippen LogP contribution in [0.2, 0.25) is 0 Å². The third-order valence-corrected chi connectivity index (χ3v) is 5.42. The van der Waals surface area contributed by atoms with E-state index in [1.807, 2.05) is 24.3 Å². The Bertz CT molecular complexity index is 746. The summed E-state index contributed by atoms with van der Waals surface area (Å²) in [5, 5.41) is 10.4. The lowest BCUT2D eigenvalue weighted by atomic mass is 9.90. The quantitative estimate of drug-likeness (QED) is 0.888. The van der Waals surface area contributed by atoms with E-state index >= 15 is 0 Å². The van der Waals surface area contributed by atoms with Crippen LogP contribution in [0.1, 0.15) is 42.6 Å². The predicted octanol–water partition coefficient (Wildman–Crippen LogP) is 2.02. The normalized spacial score (nSPS) is 19.1. The predicted molar refractivity (Wildman–Crippen MR) is 97.6 cm³/mol. The highest BCUT2D eigenvalue weighted by atomic mass is 16.5. The summed E-state index contributed by atoms with van der Waals surface area (Å²) in [5.41, 5.74) is 1.14. The van der Waals surface area contributed by atoms with Gasteiger partial charge in [0.05, 0.1) is 11.9 Å². The van der Waals surface area contributed by atoms with Crippen LogP contribution in [0.5, 0.6) is 5.75 Å². The van der Waals surface area contributed by atoms with Gasteiger partial charge in [-0.3, -0.25) is 4.79 Å². The second kappa shape index (κ2) is 7.45. The summed E-state index contributed by atoms with van der Waals surface area (Å²) in [6.45, 7) is 2.29. The minimum absolute atomic E-state index is 0.246. The number of rotatable bonds is 5.